The Morgan fingerprint density at radius 1 is 1.03 bits per heavy atom. The lowest BCUT2D eigenvalue weighted by atomic mass is 9.85. The molecule has 0 aliphatic rings. The van der Waals surface area contributed by atoms with Crippen LogP contribution in [0.1, 0.15) is 83.3 Å². The maximum absolute atomic E-state index is 12.3. The minimum atomic E-state index is -0.0436. The number of aryl methyl sites for hydroxylation is 1. The number of rotatable bonds is 11. The van der Waals surface area contributed by atoms with Crippen LogP contribution in [0.5, 0.6) is 11.5 Å². The number of ether oxygens (including phenoxy) is 2. The van der Waals surface area contributed by atoms with E-state index in [0.717, 1.165) is 19.3 Å². The van der Waals surface area contributed by atoms with E-state index in [1.54, 1.807) is 20.1 Å². The number of benzene rings is 2. The number of Topliss-reactive ketones (excluding diaryl/α,β-unsaturated/α-hetero) is 1. The number of hydrogen-bond acceptors (Lipinski definition) is 4. The molecule has 0 saturated heterocycles. The number of carbonyl (C=O) groups is 1. The molecule has 0 radical (unpaired) electrons. The third kappa shape index (κ3) is 8.34. The van der Waals surface area contributed by atoms with Gasteiger partial charge in [0.05, 0.1) is 18.9 Å². The van der Waals surface area contributed by atoms with Crippen LogP contribution >= 0.6 is 0 Å². The first-order valence-electron chi connectivity index (χ1n) is 12.3. The van der Waals surface area contributed by atoms with E-state index < -0.39 is 0 Å². The van der Waals surface area contributed by atoms with Crippen molar-refractivity contribution < 1.29 is 14.3 Å². The molecule has 4 nitrogen and oxygen atoms in total. The topological polar surface area (TPSA) is 47.9 Å². The molecule has 0 fully saturated rings. The molecule has 2 aromatic rings. The third-order valence-electron chi connectivity index (χ3n) is 5.76. The lowest BCUT2D eigenvalue weighted by molar-refractivity contribution is 0.101. The Labute approximate surface area is 201 Å². The minimum Gasteiger partial charge on any atom is -0.493 e. The first kappa shape index (κ1) is 28.4. The van der Waals surface area contributed by atoms with Crippen molar-refractivity contribution in [3.8, 4) is 11.5 Å². The molecule has 2 aromatic carbocycles. The maximum atomic E-state index is 12.3. The van der Waals surface area contributed by atoms with Crippen LogP contribution in [-0.2, 0) is 12.8 Å². The summed E-state index contributed by atoms with van der Waals surface area (Å²) in [5, 5.41) is 0. The molecule has 0 aromatic heterocycles. The lowest BCUT2D eigenvalue weighted by Gasteiger charge is -2.21. The fourth-order valence-electron chi connectivity index (χ4n) is 3.68. The van der Waals surface area contributed by atoms with Crippen LogP contribution in [0.25, 0.3) is 0 Å². The van der Waals surface area contributed by atoms with Gasteiger partial charge in [-0.2, -0.15) is 0 Å². The van der Waals surface area contributed by atoms with Gasteiger partial charge in [-0.25, -0.2) is 0 Å². The summed E-state index contributed by atoms with van der Waals surface area (Å²) in [6.45, 7) is 16.1. The highest BCUT2D eigenvalue weighted by molar-refractivity contribution is 6.00. The first-order valence-corrected chi connectivity index (χ1v) is 12.3. The zero-order valence-electron chi connectivity index (χ0n) is 22.1. The van der Waals surface area contributed by atoms with Crippen LogP contribution in [0.4, 0.5) is 5.69 Å². The Morgan fingerprint density at radius 3 is 2.18 bits per heavy atom. The van der Waals surface area contributed by atoms with E-state index in [1.807, 2.05) is 40.0 Å². The van der Waals surface area contributed by atoms with Crippen molar-refractivity contribution in [3.63, 3.8) is 0 Å². The molecule has 0 heterocycles. The predicted octanol–water partition coefficient (Wildman–Crippen LogP) is 7.88. The Balaban J connectivity index is 0.00000265. The van der Waals surface area contributed by atoms with Gasteiger partial charge in [-0.1, -0.05) is 65.3 Å². The van der Waals surface area contributed by atoms with Crippen LogP contribution in [0.2, 0.25) is 0 Å². The number of nitrogens with zero attached hydrogens (tertiary/aromatic N) is 1. The zero-order valence-corrected chi connectivity index (χ0v) is 22.1. The summed E-state index contributed by atoms with van der Waals surface area (Å²) in [5.74, 6) is 1.85. The van der Waals surface area contributed by atoms with Gasteiger partial charge in [0, 0.05) is 23.8 Å². The standard InChI is InChI=1S/C27H37NO3.C2H6/c1-8-19(5)23(14-22-13-11-10-12-21(22)9-2)17-28-25-16-27(31-18(3)4)26(30-7)15-24(25)20(6)29;1-2/h10-13,15-19,23H,8-9,14H2,1-7H3;1-2H3. The molecule has 2 rings (SSSR count). The highest BCUT2D eigenvalue weighted by Crippen LogP contribution is 2.36. The molecule has 182 valence electrons. The number of methoxy groups -OCH3 is 1. The quantitative estimate of drug-likeness (QED) is 0.257. The minimum absolute atomic E-state index is 0.00712. The van der Waals surface area contributed by atoms with Gasteiger partial charge in [0.1, 0.15) is 0 Å². The summed E-state index contributed by atoms with van der Waals surface area (Å²) in [5.41, 5.74) is 3.92. The molecule has 0 spiro atoms. The van der Waals surface area contributed by atoms with Crippen molar-refractivity contribution in [2.45, 2.75) is 80.8 Å². The van der Waals surface area contributed by atoms with Crippen LogP contribution < -0.4 is 9.47 Å². The summed E-state index contributed by atoms with van der Waals surface area (Å²) in [7, 11) is 1.58. The SMILES string of the molecule is CC.CCc1ccccc1CC(C=Nc1cc(OC(C)C)c(OC)cc1C(C)=O)C(C)CC. The molecule has 0 amide bonds. The van der Waals surface area contributed by atoms with Crippen LogP contribution in [0.3, 0.4) is 0 Å². The normalized spacial score (nSPS) is 12.8. The molecular formula is C29H43NO3. The lowest BCUT2D eigenvalue weighted by Crippen LogP contribution is -2.16. The van der Waals surface area contributed by atoms with E-state index >= 15 is 0 Å². The molecule has 2 unspecified atom stereocenters. The fourth-order valence-corrected chi connectivity index (χ4v) is 3.68. The Morgan fingerprint density at radius 2 is 1.67 bits per heavy atom. The van der Waals surface area contributed by atoms with E-state index in [2.05, 4.69) is 45.0 Å². The van der Waals surface area contributed by atoms with Crippen molar-refractivity contribution in [2.24, 2.45) is 16.8 Å². The van der Waals surface area contributed by atoms with E-state index in [4.69, 9.17) is 14.5 Å². The second-order valence-electron chi connectivity index (χ2n) is 8.40. The average Bonchev–Trinajstić information content (AvgIpc) is 2.82. The molecule has 33 heavy (non-hydrogen) atoms. The van der Waals surface area contributed by atoms with Gasteiger partial charge >= 0.3 is 0 Å². The zero-order chi connectivity index (χ0) is 25.0. The molecule has 4 heteroatoms. The number of hydrogen-bond donors (Lipinski definition) is 0. The average molecular weight is 454 g/mol. The molecule has 0 aliphatic heterocycles. The number of ketones is 1. The summed E-state index contributed by atoms with van der Waals surface area (Å²) in [6, 6.07) is 12.2. The smallest absolute Gasteiger partial charge is 0.163 e. The van der Waals surface area contributed by atoms with Crippen LogP contribution in [0, 0.1) is 11.8 Å². The molecule has 0 bridgehead atoms. The fraction of sp³-hybridized carbons (Fsp3) is 0.517. The van der Waals surface area contributed by atoms with E-state index in [0.29, 0.717) is 28.7 Å². The van der Waals surface area contributed by atoms with Crippen molar-refractivity contribution >= 4 is 17.7 Å². The molecule has 2 atom stereocenters. The van der Waals surface area contributed by atoms with Gasteiger partial charge in [-0.15, -0.1) is 0 Å². The van der Waals surface area contributed by atoms with E-state index in [-0.39, 0.29) is 17.8 Å². The molecule has 0 aliphatic carbocycles. The van der Waals surface area contributed by atoms with Crippen molar-refractivity contribution in [1.29, 1.82) is 0 Å². The van der Waals surface area contributed by atoms with Crippen molar-refractivity contribution in [1.82, 2.24) is 0 Å². The predicted molar refractivity (Wildman–Crippen MR) is 141 cm³/mol. The first-order chi connectivity index (χ1) is 15.8. The molecular weight excluding hydrogens is 410 g/mol. The monoisotopic (exact) mass is 453 g/mol. The largest absolute Gasteiger partial charge is 0.493 e. The number of aliphatic imine (C=N–C) groups is 1. The summed E-state index contributed by atoms with van der Waals surface area (Å²) in [6.07, 6.45) is 5.03. The van der Waals surface area contributed by atoms with Gasteiger partial charge in [0.15, 0.2) is 17.3 Å². The third-order valence-corrected chi connectivity index (χ3v) is 5.76. The van der Waals surface area contributed by atoms with Crippen molar-refractivity contribution in [2.75, 3.05) is 7.11 Å². The van der Waals surface area contributed by atoms with Gasteiger partial charge < -0.3 is 9.47 Å². The summed E-state index contributed by atoms with van der Waals surface area (Å²) >= 11 is 0. The van der Waals surface area contributed by atoms with Gasteiger partial charge in [0.25, 0.3) is 0 Å². The molecule has 0 N–H and O–H groups in total. The second-order valence-corrected chi connectivity index (χ2v) is 8.40. The molecule has 0 saturated carbocycles. The van der Waals surface area contributed by atoms with Crippen LogP contribution in [-0.4, -0.2) is 25.2 Å². The van der Waals surface area contributed by atoms with Crippen LogP contribution in [0.15, 0.2) is 41.4 Å². The highest BCUT2D eigenvalue weighted by Gasteiger charge is 2.18. The van der Waals surface area contributed by atoms with E-state index in [1.165, 1.54) is 11.1 Å². The maximum Gasteiger partial charge on any atom is 0.163 e. The summed E-state index contributed by atoms with van der Waals surface area (Å²) < 4.78 is 11.4. The Bertz CT molecular complexity index is 902. The van der Waals surface area contributed by atoms with E-state index in [9.17, 15) is 4.79 Å². The highest BCUT2D eigenvalue weighted by atomic mass is 16.5. The van der Waals surface area contributed by atoms with Gasteiger partial charge in [-0.3, -0.25) is 9.79 Å². The number of carbonyl (C=O) groups excluding carboxylic acids is 1. The Kier molecular flexibility index (Phi) is 12.5. The summed E-state index contributed by atoms with van der Waals surface area (Å²) in [4.78, 5) is 17.1. The van der Waals surface area contributed by atoms with Gasteiger partial charge in [0.2, 0.25) is 0 Å². The Hall–Kier alpha value is -2.62. The second kappa shape index (κ2) is 14.5. The van der Waals surface area contributed by atoms with Crippen molar-refractivity contribution in [3.05, 3.63) is 53.1 Å². The van der Waals surface area contributed by atoms with Gasteiger partial charge in [-0.05, 0) is 56.7 Å².